The van der Waals surface area contributed by atoms with Crippen molar-refractivity contribution in [3.8, 4) is 5.75 Å². The zero-order chi connectivity index (χ0) is 13.5. The van der Waals surface area contributed by atoms with Gasteiger partial charge in [-0.3, -0.25) is 0 Å². The number of ether oxygens (including phenoxy) is 1. The molecule has 6 nitrogen and oxygen atoms in total. The van der Waals surface area contributed by atoms with Crippen LogP contribution < -0.4 is 15.8 Å². The normalized spacial score (nSPS) is 10.6. The molecule has 2 heterocycles. The molecule has 0 aliphatic carbocycles. The van der Waals surface area contributed by atoms with Crippen LogP contribution in [-0.4, -0.2) is 27.1 Å². The molecule has 0 aromatic carbocycles. The Balaban J connectivity index is 1.70. The molecule has 0 fully saturated rings. The van der Waals surface area contributed by atoms with E-state index >= 15 is 0 Å². The molecule has 0 aliphatic rings. The van der Waals surface area contributed by atoms with Crippen LogP contribution in [0.5, 0.6) is 5.75 Å². The minimum absolute atomic E-state index is 0.466. The molecule has 0 radical (unpaired) electrons. The third-order valence-corrected chi connectivity index (χ3v) is 3.45. The van der Waals surface area contributed by atoms with Gasteiger partial charge in [0.1, 0.15) is 0 Å². The number of hydrogen-bond donors (Lipinski definition) is 2. The maximum absolute atomic E-state index is 5.75. The number of aromatic nitrogens is 3. The SMILES string of the molecule is CCOc1c(N)nsc1NCCCCn1ccnc1. The Kier molecular flexibility index (Phi) is 5.02. The molecule has 0 spiro atoms. The van der Waals surface area contributed by atoms with Gasteiger partial charge in [-0.2, -0.15) is 4.37 Å². The van der Waals surface area contributed by atoms with Gasteiger partial charge in [-0.25, -0.2) is 4.98 Å². The van der Waals surface area contributed by atoms with Gasteiger partial charge in [0.05, 0.1) is 12.9 Å². The van der Waals surface area contributed by atoms with Crippen LogP contribution in [0.3, 0.4) is 0 Å². The third-order valence-electron chi connectivity index (χ3n) is 2.65. The molecule has 2 rings (SSSR count). The first-order chi connectivity index (χ1) is 9.31. The van der Waals surface area contributed by atoms with Crippen molar-refractivity contribution >= 4 is 22.4 Å². The fourth-order valence-electron chi connectivity index (χ4n) is 1.73. The zero-order valence-electron chi connectivity index (χ0n) is 11.0. The average Bonchev–Trinajstić information content (AvgIpc) is 3.02. The molecule has 3 N–H and O–H groups in total. The summed E-state index contributed by atoms with van der Waals surface area (Å²) in [6, 6.07) is 0. The molecule has 2 aromatic rings. The Hall–Kier alpha value is -1.76. The van der Waals surface area contributed by atoms with E-state index in [1.165, 1.54) is 11.5 Å². The molecule has 0 amide bonds. The number of anilines is 2. The number of rotatable bonds is 8. The predicted octanol–water partition coefficient (Wildman–Crippen LogP) is 2.21. The smallest absolute Gasteiger partial charge is 0.197 e. The van der Waals surface area contributed by atoms with Crippen LogP contribution in [0, 0.1) is 0 Å². The van der Waals surface area contributed by atoms with Gasteiger partial charge in [0.2, 0.25) is 0 Å². The Morgan fingerprint density at radius 3 is 3.11 bits per heavy atom. The molecule has 104 valence electrons. The molecule has 0 aliphatic heterocycles. The first-order valence-electron chi connectivity index (χ1n) is 6.38. The summed E-state index contributed by atoms with van der Waals surface area (Å²) in [6.45, 7) is 4.41. The Morgan fingerprint density at radius 1 is 1.47 bits per heavy atom. The largest absolute Gasteiger partial charge is 0.487 e. The van der Waals surface area contributed by atoms with Gasteiger partial charge in [-0.05, 0) is 31.3 Å². The Morgan fingerprint density at radius 2 is 2.37 bits per heavy atom. The van der Waals surface area contributed by atoms with Gasteiger partial charge in [0, 0.05) is 25.5 Å². The van der Waals surface area contributed by atoms with Crippen LogP contribution in [0.4, 0.5) is 10.8 Å². The van der Waals surface area contributed by atoms with Crippen molar-refractivity contribution in [3.05, 3.63) is 18.7 Å². The Bertz CT molecular complexity index is 482. The lowest BCUT2D eigenvalue weighted by molar-refractivity contribution is 0.344. The number of nitrogen functional groups attached to an aromatic ring is 1. The van der Waals surface area contributed by atoms with Gasteiger partial charge >= 0.3 is 0 Å². The van der Waals surface area contributed by atoms with Crippen LogP contribution in [0.15, 0.2) is 18.7 Å². The minimum Gasteiger partial charge on any atom is -0.487 e. The van der Waals surface area contributed by atoms with Gasteiger partial charge < -0.3 is 20.4 Å². The summed E-state index contributed by atoms with van der Waals surface area (Å²) in [4.78, 5) is 4.01. The summed E-state index contributed by atoms with van der Waals surface area (Å²) in [7, 11) is 0. The molecule has 0 unspecified atom stereocenters. The van der Waals surface area contributed by atoms with E-state index in [2.05, 4.69) is 19.2 Å². The second kappa shape index (κ2) is 6.98. The van der Waals surface area contributed by atoms with Crippen LogP contribution >= 0.6 is 11.5 Å². The molecular formula is C12H19N5OS. The highest BCUT2D eigenvalue weighted by molar-refractivity contribution is 7.11. The zero-order valence-corrected chi connectivity index (χ0v) is 11.8. The summed E-state index contributed by atoms with van der Waals surface area (Å²) in [6.07, 6.45) is 7.78. The van der Waals surface area contributed by atoms with Gasteiger partial charge in [-0.15, -0.1) is 0 Å². The van der Waals surface area contributed by atoms with E-state index in [4.69, 9.17) is 10.5 Å². The number of imidazole rings is 1. The van der Waals surface area contributed by atoms with Crippen molar-refractivity contribution in [1.82, 2.24) is 13.9 Å². The number of unbranched alkanes of at least 4 members (excludes halogenated alkanes) is 1. The summed E-state index contributed by atoms with van der Waals surface area (Å²) < 4.78 is 11.6. The summed E-state index contributed by atoms with van der Waals surface area (Å²) in [5.41, 5.74) is 5.75. The van der Waals surface area contributed by atoms with Gasteiger partial charge in [-0.1, -0.05) is 0 Å². The fraction of sp³-hybridized carbons (Fsp3) is 0.500. The minimum atomic E-state index is 0.466. The van der Waals surface area contributed by atoms with Gasteiger partial charge in [0.25, 0.3) is 0 Å². The highest BCUT2D eigenvalue weighted by atomic mass is 32.1. The second-order valence-corrected chi connectivity index (χ2v) is 4.87. The lowest BCUT2D eigenvalue weighted by atomic mass is 10.3. The number of nitrogens with zero attached hydrogens (tertiary/aromatic N) is 3. The van der Waals surface area contributed by atoms with E-state index in [-0.39, 0.29) is 0 Å². The van der Waals surface area contributed by atoms with E-state index in [0.29, 0.717) is 18.2 Å². The quantitative estimate of drug-likeness (QED) is 0.725. The lowest BCUT2D eigenvalue weighted by Gasteiger charge is -2.07. The molecule has 0 saturated heterocycles. The molecule has 2 aromatic heterocycles. The first kappa shape index (κ1) is 13.7. The predicted molar refractivity (Wildman–Crippen MR) is 77.6 cm³/mol. The van der Waals surface area contributed by atoms with Crippen molar-refractivity contribution < 1.29 is 4.74 Å². The molecule has 0 atom stereocenters. The van der Waals surface area contributed by atoms with Crippen LogP contribution in [-0.2, 0) is 6.54 Å². The number of aryl methyl sites for hydroxylation is 1. The monoisotopic (exact) mass is 281 g/mol. The third kappa shape index (κ3) is 3.85. The van der Waals surface area contributed by atoms with E-state index in [1.807, 2.05) is 19.4 Å². The van der Waals surface area contributed by atoms with Crippen molar-refractivity contribution in [2.24, 2.45) is 0 Å². The van der Waals surface area contributed by atoms with Crippen molar-refractivity contribution in [2.45, 2.75) is 26.3 Å². The molecule has 7 heteroatoms. The highest BCUT2D eigenvalue weighted by Gasteiger charge is 2.11. The van der Waals surface area contributed by atoms with E-state index < -0.39 is 0 Å². The summed E-state index contributed by atoms with van der Waals surface area (Å²) in [5, 5.41) is 4.24. The second-order valence-electron chi connectivity index (χ2n) is 4.09. The van der Waals surface area contributed by atoms with E-state index in [0.717, 1.165) is 30.9 Å². The average molecular weight is 281 g/mol. The fourth-order valence-corrected chi connectivity index (χ4v) is 2.42. The summed E-state index contributed by atoms with van der Waals surface area (Å²) in [5.74, 6) is 1.15. The standard InChI is InChI=1S/C12H19N5OS/c1-2-18-10-11(13)16-19-12(10)15-5-3-4-7-17-8-6-14-9-17/h6,8-9,15H,2-5,7H2,1H3,(H2,13,16). The maximum Gasteiger partial charge on any atom is 0.197 e. The Labute approximate surface area is 116 Å². The molecule has 0 bridgehead atoms. The number of nitrogens with one attached hydrogen (secondary N) is 1. The number of hydrogen-bond acceptors (Lipinski definition) is 6. The lowest BCUT2D eigenvalue weighted by Crippen LogP contribution is -2.04. The van der Waals surface area contributed by atoms with Crippen LogP contribution in [0.2, 0.25) is 0 Å². The van der Waals surface area contributed by atoms with E-state index in [1.54, 1.807) is 6.20 Å². The molecular weight excluding hydrogens is 262 g/mol. The van der Waals surface area contributed by atoms with Crippen molar-refractivity contribution in [1.29, 1.82) is 0 Å². The van der Waals surface area contributed by atoms with Crippen LogP contribution in [0.25, 0.3) is 0 Å². The maximum atomic E-state index is 5.75. The number of nitrogens with two attached hydrogens (primary N) is 1. The van der Waals surface area contributed by atoms with Gasteiger partial charge in [0.15, 0.2) is 16.6 Å². The topological polar surface area (TPSA) is 78.0 Å². The van der Waals surface area contributed by atoms with Crippen LogP contribution in [0.1, 0.15) is 19.8 Å². The molecule has 19 heavy (non-hydrogen) atoms. The van der Waals surface area contributed by atoms with Crippen molar-refractivity contribution in [3.63, 3.8) is 0 Å². The summed E-state index contributed by atoms with van der Waals surface area (Å²) >= 11 is 1.35. The van der Waals surface area contributed by atoms with E-state index in [9.17, 15) is 0 Å². The van der Waals surface area contributed by atoms with Crippen molar-refractivity contribution in [2.75, 3.05) is 24.2 Å². The first-order valence-corrected chi connectivity index (χ1v) is 7.16. The molecule has 0 saturated carbocycles. The highest BCUT2D eigenvalue weighted by Crippen LogP contribution is 2.34.